The summed E-state index contributed by atoms with van der Waals surface area (Å²) in [6.45, 7) is -0.230. The van der Waals surface area contributed by atoms with Crippen molar-refractivity contribution in [1.82, 2.24) is 19.5 Å². The van der Waals surface area contributed by atoms with Crippen LogP contribution in [0.1, 0.15) is 12.0 Å². The molecule has 4 rings (SSSR count). The Labute approximate surface area is 158 Å². The fourth-order valence-electron chi connectivity index (χ4n) is 3.09. The van der Waals surface area contributed by atoms with Gasteiger partial charge in [0.2, 0.25) is 5.75 Å². The van der Waals surface area contributed by atoms with Crippen molar-refractivity contribution in [1.29, 1.82) is 0 Å². The smallest absolute Gasteiger partial charge is 0.328 e. The average Bonchev–Trinajstić information content (AvgIpc) is 3.36. The van der Waals surface area contributed by atoms with Crippen molar-refractivity contribution in [2.75, 3.05) is 19.0 Å². The van der Waals surface area contributed by atoms with Crippen molar-refractivity contribution in [2.24, 2.45) is 0 Å². The Hall–Kier alpha value is -2.93. The van der Waals surface area contributed by atoms with Crippen molar-refractivity contribution in [3.63, 3.8) is 0 Å². The number of furan rings is 1. The van der Waals surface area contributed by atoms with E-state index < -0.39 is 31.1 Å². The number of anilines is 1. The third-order valence-corrected chi connectivity index (χ3v) is 4.50. The van der Waals surface area contributed by atoms with E-state index in [0.717, 1.165) is 0 Å². The molecule has 12 heteroatoms. The molecule has 0 unspecified atom stereocenters. The minimum Gasteiger partial charge on any atom is -0.502 e. The first-order valence-corrected chi connectivity index (χ1v) is 8.43. The molecule has 3 aromatic rings. The molecule has 5 N–H and O–H groups in total. The highest BCUT2D eigenvalue weighted by molar-refractivity contribution is 5.82. The van der Waals surface area contributed by atoms with Gasteiger partial charge in [-0.05, 0) is 0 Å². The number of aromatic hydroxyl groups is 1. The number of hydrogen-bond acceptors (Lipinski definition) is 11. The number of nitrogens with one attached hydrogen (secondary N) is 1. The fourth-order valence-corrected chi connectivity index (χ4v) is 3.09. The van der Waals surface area contributed by atoms with Crippen molar-refractivity contribution in [3.8, 4) is 11.7 Å². The zero-order valence-electron chi connectivity index (χ0n) is 14.8. The first kappa shape index (κ1) is 18.4. The van der Waals surface area contributed by atoms with Gasteiger partial charge < -0.3 is 39.6 Å². The van der Waals surface area contributed by atoms with Crippen LogP contribution in [0.2, 0.25) is 0 Å². The van der Waals surface area contributed by atoms with Crippen molar-refractivity contribution in [2.45, 2.75) is 31.1 Å². The summed E-state index contributed by atoms with van der Waals surface area (Å²) in [6, 6.07) is 1.42. The third kappa shape index (κ3) is 3.01. The fraction of sp³-hybridized carbons (Fsp3) is 0.438. The summed E-state index contributed by atoms with van der Waals surface area (Å²) in [5, 5.41) is 42.1. The van der Waals surface area contributed by atoms with Crippen LogP contribution in [0, 0.1) is 0 Å². The van der Waals surface area contributed by atoms with Crippen LogP contribution < -0.4 is 10.1 Å². The molecule has 0 saturated carbocycles. The number of hydrogen-bond donors (Lipinski definition) is 5. The minimum atomic E-state index is -1.25. The van der Waals surface area contributed by atoms with Gasteiger partial charge in [0, 0.05) is 6.07 Å². The molecule has 1 fully saturated rings. The van der Waals surface area contributed by atoms with Crippen LogP contribution in [0.3, 0.4) is 0 Å². The Morgan fingerprint density at radius 3 is 2.75 bits per heavy atom. The van der Waals surface area contributed by atoms with Gasteiger partial charge in [0.1, 0.15) is 30.4 Å². The van der Waals surface area contributed by atoms with E-state index in [-0.39, 0.29) is 18.2 Å². The first-order chi connectivity index (χ1) is 13.5. The molecule has 3 aromatic heterocycles. The van der Waals surface area contributed by atoms with Gasteiger partial charge in [-0.25, -0.2) is 15.0 Å². The molecule has 4 atom stereocenters. The second-order valence-corrected chi connectivity index (χ2v) is 6.22. The molecule has 1 aliphatic rings. The van der Waals surface area contributed by atoms with E-state index in [2.05, 4.69) is 20.3 Å². The van der Waals surface area contributed by atoms with Crippen LogP contribution in [0.5, 0.6) is 11.7 Å². The monoisotopic (exact) mass is 393 g/mol. The van der Waals surface area contributed by atoms with Crippen molar-refractivity contribution in [3.05, 3.63) is 24.5 Å². The summed E-state index contributed by atoms with van der Waals surface area (Å²) < 4.78 is 17.2. The average molecular weight is 393 g/mol. The van der Waals surface area contributed by atoms with E-state index in [9.17, 15) is 20.4 Å². The van der Waals surface area contributed by atoms with E-state index >= 15 is 0 Å². The number of fused-ring (bicyclic) bond motifs is 1. The molecule has 0 bridgehead atoms. The quantitative estimate of drug-likeness (QED) is 0.361. The molecular weight excluding hydrogens is 374 g/mol. The lowest BCUT2D eigenvalue weighted by Gasteiger charge is -2.16. The van der Waals surface area contributed by atoms with E-state index in [0.29, 0.717) is 22.7 Å². The van der Waals surface area contributed by atoms with Gasteiger partial charge in [-0.3, -0.25) is 4.57 Å². The minimum absolute atomic E-state index is 0.0123. The standard InChI is InChI=1S/C16H19N5O7/c1-26-16-8(23)2-7(27-16)3-17-13-10-14(19-5-18-13)21(6-20-10)15-12(25)11(24)9(4-22)28-15/h2,5-6,9,11-12,15,22-25H,3-4H2,1H3,(H,17,18,19)/t9-,11-,12+,15-/m1/s1. The van der Waals surface area contributed by atoms with Crippen LogP contribution in [0.25, 0.3) is 11.2 Å². The maximum absolute atomic E-state index is 10.2. The van der Waals surface area contributed by atoms with Gasteiger partial charge >= 0.3 is 5.95 Å². The maximum atomic E-state index is 10.2. The Morgan fingerprint density at radius 2 is 2.07 bits per heavy atom. The van der Waals surface area contributed by atoms with E-state index in [1.54, 1.807) is 0 Å². The summed E-state index contributed by atoms with van der Waals surface area (Å²) in [5.41, 5.74) is 0.773. The highest BCUT2D eigenvalue weighted by Crippen LogP contribution is 2.33. The molecule has 0 aliphatic carbocycles. The lowest BCUT2D eigenvalue weighted by Crippen LogP contribution is -2.33. The van der Waals surface area contributed by atoms with Gasteiger partial charge in [-0.1, -0.05) is 0 Å². The largest absolute Gasteiger partial charge is 0.502 e. The Bertz CT molecular complexity index is 974. The summed E-state index contributed by atoms with van der Waals surface area (Å²) in [5.74, 6) is 0.716. The number of rotatable bonds is 6. The summed E-state index contributed by atoms with van der Waals surface area (Å²) in [4.78, 5) is 12.6. The van der Waals surface area contributed by atoms with Gasteiger partial charge in [-0.2, -0.15) is 0 Å². The third-order valence-electron chi connectivity index (χ3n) is 4.50. The van der Waals surface area contributed by atoms with Crippen LogP contribution in [0.4, 0.5) is 5.82 Å². The second-order valence-electron chi connectivity index (χ2n) is 6.22. The maximum Gasteiger partial charge on any atom is 0.328 e. The van der Waals surface area contributed by atoms with Gasteiger partial charge in [0.05, 0.1) is 26.6 Å². The van der Waals surface area contributed by atoms with Gasteiger partial charge in [0.25, 0.3) is 0 Å². The number of aliphatic hydroxyl groups excluding tert-OH is 3. The Balaban J connectivity index is 1.58. The van der Waals surface area contributed by atoms with Crippen LogP contribution in [-0.2, 0) is 11.3 Å². The molecule has 0 radical (unpaired) electrons. The van der Waals surface area contributed by atoms with Gasteiger partial charge in [0.15, 0.2) is 23.2 Å². The Kier molecular flexibility index (Phi) is 4.77. The Morgan fingerprint density at radius 1 is 1.25 bits per heavy atom. The van der Waals surface area contributed by atoms with Crippen LogP contribution >= 0.6 is 0 Å². The number of imidazole rings is 1. The molecule has 28 heavy (non-hydrogen) atoms. The molecule has 150 valence electrons. The van der Waals surface area contributed by atoms with E-state index in [1.807, 2.05) is 0 Å². The number of aliphatic hydroxyl groups is 3. The lowest BCUT2D eigenvalue weighted by atomic mass is 10.1. The molecule has 1 saturated heterocycles. The zero-order valence-corrected chi connectivity index (χ0v) is 14.8. The number of methoxy groups -OCH3 is 1. The highest BCUT2D eigenvalue weighted by Gasteiger charge is 2.44. The molecule has 12 nitrogen and oxygen atoms in total. The number of ether oxygens (including phenoxy) is 2. The molecular formula is C16H19N5O7. The van der Waals surface area contributed by atoms with Crippen LogP contribution in [0.15, 0.2) is 23.1 Å². The van der Waals surface area contributed by atoms with Gasteiger partial charge in [-0.15, -0.1) is 0 Å². The molecule has 0 spiro atoms. The number of aromatic nitrogens is 4. The van der Waals surface area contributed by atoms with E-state index in [1.165, 1.54) is 30.4 Å². The molecule has 1 aliphatic heterocycles. The molecule has 4 heterocycles. The predicted octanol–water partition coefficient (Wildman–Crippen LogP) is -0.643. The lowest BCUT2D eigenvalue weighted by molar-refractivity contribution is -0.0511. The van der Waals surface area contributed by atoms with Crippen molar-refractivity contribution < 1.29 is 34.3 Å². The topological polar surface area (TPSA) is 168 Å². The summed E-state index contributed by atoms with van der Waals surface area (Å²) >= 11 is 0. The highest BCUT2D eigenvalue weighted by atomic mass is 16.6. The molecule has 0 aromatic carbocycles. The molecule has 0 amide bonds. The summed E-state index contributed by atoms with van der Waals surface area (Å²) in [6.07, 6.45) is -1.62. The summed E-state index contributed by atoms with van der Waals surface area (Å²) in [7, 11) is 1.38. The van der Waals surface area contributed by atoms with Crippen molar-refractivity contribution >= 4 is 17.0 Å². The zero-order chi connectivity index (χ0) is 19.8. The first-order valence-electron chi connectivity index (χ1n) is 8.43. The number of nitrogens with zero attached hydrogens (tertiary/aromatic N) is 4. The SMILES string of the molecule is COc1oc(CNc2ncnc3c2ncn3[C@@H]2O[C@H](CO)[C@@H](O)[C@@H]2O)cc1O. The van der Waals surface area contributed by atoms with E-state index in [4.69, 9.17) is 13.9 Å². The van der Waals surface area contributed by atoms with Crippen LogP contribution in [-0.4, -0.2) is 72.0 Å². The normalized spacial score (nSPS) is 24.7. The second kappa shape index (κ2) is 7.24. The predicted molar refractivity (Wildman–Crippen MR) is 92.6 cm³/mol.